The lowest BCUT2D eigenvalue weighted by Gasteiger charge is -2.51. The summed E-state index contributed by atoms with van der Waals surface area (Å²) in [6, 6.07) is 8.07. The molecule has 194 valence electrons. The Balaban J connectivity index is 1.80. The van der Waals surface area contributed by atoms with Crippen molar-refractivity contribution >= 4 is 44.9 Å². The predicted molar refractivity (Wildman–Crippen MR) is 139 cm³/mol. The van der Waals surface area contributed by atoms with E-state index >= 15 is 0 Å². The second kappa shape index (κ2) is 10.3. The molecule has 1 aliphatic carbocycles. The van der Waals surface area contributed by atoms with Gasteiger partial charge in [0.1, 0.15) is 0 Å². The van der Waals surface area contributed by atoms with Crippen molar-refractivity contribution in [3.05, 3.63) is 63.9 Å². The van der Waals surface area contributed by atoms with E-state index in [1.165, 1.54) is 6.20 Å². The fourth-order valence-corrected chi connectivity index (χ4v) is 7.49. The Hall–Kier alpha value is -2.16. The molecule has 1 saturated heterocycles. The molecule has 1 aromatic heterocycles. The summed E-state index contributed by atoms with van der Waals surface area (Å²) in [6.07, 6.45) is 4.79. The minimum Gasteiger partial charge on any atom is -0.481 e. The minimum absolute atomic E-state index is 0.0189. The molecule has 0 bridgehead atoms. The van der Waals surface area contributed by atoms with E-state index in [4.69, 9.17) is 23.2 Å². The molecule has 1 saturated carbocycles. The van der Waals surface area contributed by atoms with E-state index in [-0.39, 0.29) is 42.1 Å². The SMILES string of the molecule is C[C@@H](CCS(=O)(=O)C1CC1)N1C(=O)[C@@](C)(CC(=O)O)C[C@H](c2cncc(Cl)c2)[C@H]1c1ccc(Cl)cc1. The molecule has 4 atom stereocenters. The number of benzene rings is 1. The number of carboxylic acid groups (broad SMARTS) is 1. The van der Waals surface area contributed by atoms with Crippen LogP contribution in [0.5, 0.6) is 0 Å². The molecule has 4 rings (SSSR count). The maximum atomic E-state index is 14.0. The van der Waals surface area contributed by atoms with Gasteiger partial charge in [0, 0.05) is 29.4 Å². The highest BCUT2D eigenvalue weighted by molar-refractivity contribution is 7.92. The lowest BCUT2D eigenvalue weighted by molar-refractivity contribution is -0.160. The van der Waals surface area contributed by atoms with Gasteiger partial charge < -0.3 is 10.0 Å². The summed E-state index contributed by atoms with van der Waals surface area (Å²) in [7, 11) is -3.22. The van der Waals surface area contributed by atoms with Crippen LogP contribution in [0.25, 0.3) is 0 Å². The van der Waals surface area contributed by atoms with Crippen LogP contribution in [0, 0.1) is 5.41 Å². The number of hydrogen-bond acceptors (Lipinski definition) is 5. The molecule has 0 unspecified atom stereocenters. The zero-order valence-electron chi connectivity index (χ0n) is 20.2. The van der Waals surface area contributed by atoms with Gasteiger partial charge in [-0.25, -0.2) is 8.42 Å². The number of likely N-dealkylation sites (tertiary alicyclic amines) is 1. The van der Waals surface area contributed by atoms with Gasteiger partial charge in [0.05, 0.1) is 33.9 Å². The van der Waals surface area contributed by atoms with E-state index in [9.17, 15) is 23.1 Å². The molecule has 1 amide bonds. The van der Waals surface area contributed by atoms with Crippen LogP contribution in [0.3, 0.4) is 0 Å². The molecule has 2 heterocycles. The number of halogens is 2. The molecular weight excluding hydrogens is 523 g/mol. The van der Waals surface area contributed by atoms with Crippen molar-refractivity contribution < 1.29 is 23.1 Å². The van der Waals surface area contributed by atoms with Crippen molar-refractivity contribution in [3.63, 3.8) is 0 Å². The minimum atomic E-state index is -3.22. The first-order chi connectivity index (χ1) is 16.9. The summed E-state index contributed by atoms with van der Waals surface area (Å²) in [5.74, 6) is -1.70. The Morgan fingerprint density at radius 2 is 1.83 bits per heavy atom. The molecular formula is C26H30Cl2N2O5S. The van der Waals surface area contributed by atoms with Crippen molar-refractivity contribution in [1.82, 2.24) is 9.88 Å². The van der Waals surface area contributed by atoms with E-state index in [0.717, 1.165) is 11.1 Å². The molecule has 0 radical (unpaired) electrons. The van der Waals surface area contributed by atoms with Crippen LogP contribution in [-0.2, 0) is 19.4 Å². The van der Waals surface area contributed by atoms with E-state index in [0.29, 0.717) is 22.9 Å². The van der Waals surface area contributed by atoms with Crippen molar-refractivity contribution in [2.24, 2.45) is 5.41 Å². The van der Waals surface area contributed by atoms with Gasteiger partial charge >= 0.3 is 5.97 Å². The number of pyridine rings is 1. The highest BCUT2D eigenvalue weighted by Crippen LogP contribution is 2.52. The van der Waals surface area contributed by atoms with Gasteiger partial charge in [-0.15, -0.1) is 0 Å². The van der Waals surface area contributed by atoms with Crippen LogP contribution in [-0.4, -0.2) is 52.3 Å². The number of nitrogens with zero attached hydrogens (tertiary/aromatic N) is 2. The molecule has 1 aliphatic heterocycles. The summed E-state index contributed by atoms with van der Waals surface area (Å²) in [4.78, 5) is 31.8. The largest absolute Gasteiger partial charge is 0.481 e. The number of aliphatic carboxylic acids is 1. The first kappa shape index (κ1) is 26.9. The average molecular weight is 554 g/mol. The maximum Gasteiger partial charge on any atom is 0.304 e. The van der Waals surface area contributed by atoms with E-state index in [1.54, 1.807) is 36.2 Å². The van der Waals surface area contributed by atoms with Gasteiger partial charge in [-0.3, -0.25) is 14.6 Å². The number of sulfone groups is 1. The van der Waals surface area contributed by atoms with Crippen molar-refractivity contribution in [1.29, 1.82) is 0 Å². The monoisotopic (exact) mass is 552 g/mol. The number of piperidine rings is 1. The summed E-state index contributed by atoms with van der Waals surface area (Å²) < 4.78 is 25.3. The lowest BCUT2D eigenvalue weighted by Crippen LogP contribution is -2.55. The van der Waals surface area contributed by atoms with Crippen molar-refractivity contribution in [2.75, 3.05) is 5.75 Å². The Bertz CT molecular complexity index is 1250. The highest BCUT2D eigenvalue weighted by atomic mass is 35.5. The van der Waals surface area contributed by atoms with Gasteiger partial charge in [-0.1, -0.05) is 42.3 Å². The summed E-state index contributed by atoms with van der Waals surface area (Å²) in [5, 5.41) is 10.4. The van der Waals surface area contributed by atoms with E-state index < -0.39 is 33.3 Å². The number of aromatic nitrogens is 1. The van der Waals surface area contributed by atoms with Gasteiger partial charge in [0.2, 0.25) is 5.91 Å². The van der Waals surface area contributed by atoms with Crippen LogP contribution in [0.2, 0.25) is 10.0 Å². The number of carboxylic acids is 1. The third-order valence-corrected chi connectivity index (χ3v) is 10.1. The van der Waals surface area contributed by atoms with Crippen LogP contribution in [0.1, 0.15) is 69.0 Å². The lowest BCUT2D eigenvalue weighted by atomic mass is 9.67. The number of hydrogen-bond donors (Lipinski definition) is 1. The fourth-order valence-electron chi connectivity index (χ4n) is 5.32. The van der Waals surface area contributed by atoms with Gasteiger partial charge in [-0.05, 0) is 61.9 Å². The van der Waals surface area contributed by atoms with E-state index in [1.807, 2.05) is 19.1 Å². The molecule has 2 fully saturated rings. The third-order valence-electron chi connectivity index (χ3n) is 7.34. The predicted octanol–water partition coefficient (Wildman–Crippen LogP) is 5.28. The fraction of sp³-hybridized carbons (Fsp3) is 0.500. The first-order valence-corrected chi connectivity index (χ1v) is 14.5. The normalized spacial score (nSPS) is 25.6. The molecule has 1 aromatic carbocycles. The molecule has 7 nitrogen and oxygen atoms in total. The molecule has 2 aromatic rings. The van der Waals surface area contributed by atoms with Crippen LogP contribution < -0.4 is 0 Å². The zero-order valence-corrected chi connectivity index (χ0v) is 22.6. The third kappa shape index (κ3) is 5.71. The molecule has 0 spiro atoms. The number of carbonyl (C=O) groups is 2. The second-order valence-electron chi connectivity index (χ2n) is 10.3. The first-order valence-electron chi connectivity index (χ1n) is 12.0. The van der Waals surface area contributed by atoms with Crippen LogP contribution >= 0.6 is 23.2 Å². The molecule has 2 aliphatic rings. The summed E-state index contributed by atoms with van der Waals surface area (Å²) in [6.45, 7) is 3.51. The smallest absolute Gasteiger partial charge is 0.304 e. The quantitative estimate of drug-likeness (QED) is 0.453. The Morgan fingerprint density at radius 1 is 1.17 bits per heavy atom. The number of amides is 1. The zero-order chi connectivity index (χ0) is 26.3. The van der Waals surface area contributed by atoms with Crippen molar-refractivity contribution in [3.8, 4) is 0 Å². The van der Waals surface area contributed by atoms with Crippen molar-refractivity contribution in [2.45, 2.75) is 69.2 Å². The average Bonchev–Trinajstić information content (AvgIpc) is 3.66. The van der Waals surface area contributed by atoms with Crippen LogP contribution in [0.15, 0.2) is 42.7 Å². The summed E-state index contributed by atoms with van der Waals surface area (Å²) >= 11 is 12.4. The highest BCUT2D eigenvalue weighted by Gasteiger charge is 2.52. The van der Waals surface area contributed by atoms with Crippen LogP contribution in [0.4, 0.5) is 0 Å². The van der Waals surface area contributed by atoms with E-state index in [2.05, 4.69) is 4.98 Å². The Kier molecular flexibility index (Phi) is 7.70. The van der Waals surface area contributed by atoms with Gasteiger partial charge in [0.15, 0.2) is 9.84 Å². The molecule has 36 heavy (non-hydrogen) atoms. The number of carbonyl (C=O) groups excluding carboxylic acids is 1. The Labute approximate surface area is 221 Å². The standard InChI is InChI=1S/C26H30Cl2N2O5S/c1-16(9-10-36(34,35)21-7-8-21)30-24(17-3-5-19(27)6-4-17)22(18-11-20(28)15-29-14-18)12-26(2,25(30)33)13-23(31)32/h3-6,11,14-16,21-22,24H,7-10,12-13H2,1-2H3,(H,31,32)/t16-,22+,24+,26+/m0/s1. The van der Waals surface area contributed by atoms with Gasteiger partial charge in [0.25, 0.3) is 0 Å². The van der Waals surface area contributed by atoms with Gasteiger partial charge in [-0.2, -0.15) is 0 Å². The summed E-state index contributed by atoms with van der Waals surface area (Å²) in [5.41, 5.74) is 0.423. The second-order valence-corrected chi connectivity index (χ2v) is 13.6. The molecule has 1 N–H and O–H groups in total. The number of rotatable bonds is 9. The maximum absolute atomic E-state index is 14.0. The molecule has 10 heteroatoms. The topological polar surface area (TPSA) is 105 Å². The Morgan fingerprint density at radius 3 is 2.42 bits per heavy atom.